The Morgan fingerprint density at radius 1 is 0.783 bits per heavy atom. The standard InChI is InChI=1S/C14H22O7.C2H6/c1-11(13(17)19-9-5-3-7-15)21-12(2)14(18)20-10-6-4-8-16;1-2/h15-16H,1-10H2;1-2H3. The van der Waals surface area contributed by atoms with Gasteiger partial charge in [0, 0.05) is 13.2 Å². The highest BCUT2D eigenvalue weighted by Crippen LogP contribution is 2.07. The minimum absolute atomic E-state index is 0.0218. The molecule has 0 heterocycles. The first-order valence-corrected chi connectivity index (χ1v) is 7.64. The number of carbonyl (C=O) groups is 2. The third-order valence-electron chi connectivity index (χ3n) is 2.27. The van der Waals surface area contributed by atoms with Crippen molar-refractivity contribution in [2.45, 2.75) is 39.5 Å². The van der Waals surface area contributed by atoms with Crippen LogP contribution in [0, 0.1) is 0 Å². The number of unbranched alkanes of at least 4 members (excludes halogenated alkanes) is 2. The summed E-state index contributed by atoms with van der Waals surface area (Å²) in [6, 6.07) is 0. The summed E-state index contributed by atoms with van der Waals surface area (Å²) in [7, 11) is 0. The van der Waals surface area contributed by atoms with Crippen LogP contribution < -0.4 is 0 Å². The van der Waals surface area contributed by atoms with Crippen LogP contribution in [0.4, 0.5) is 0 Å². The van der Waals surface area contributed by atoms with Crippen molar-refractivity contribution in [2.75, 3.05) is 26.4 Å². The maximum atomic E-state index is 11.4. The van der Waals surface area contributed by atoms with Crippen LogP contribution in [0.5, 0.6) is 0 Å². The van der Waals surface area contributed by atoms with Gasteiger partial charge in [0.05, 0.1) is 13.2 Å². The Bertz CT molecular complexity index is 329. The van der Waals surface area contributed by atoms with E-state index in [-0.39, 0.29) is 37.9 Å². The van der Waals surface area contributed by atoms with E-state index in [4.69, 9.17) is 24.4 Å². The Balaban J connectivity index is 0. The maximum absolute atomic E-state index is 11.4. The molecule has 0 aliphatic carbocycles. The van der Waals surface area contributed by atoms with Crippen LogP contribution in [0.25, 0.3) is 0 Å². The second-order valence-corrected chi connectivity index (χ2v) is 4.08. The molecule has 0 atom stereocenters. The molecule has 0 rings (SSSR count). The summed E-state index contributed by atoms with van der Waals surface area (Å²) in [5, 5.41) is 17.1. The average Bonchev–Trinajstić information content (AvgIpc) is 2.56. The molecule has 0 bridgehead atoms. The number of hydrogen-bond donors (Lipinski definition) is 2. The first-order chi connectivity index (χ1) is 11.0. The van der Waals surface area contributed by atoms with E-state index >= 15 is 0 Å². The van der Waals surface area contributed by atoms with E-state index in [2.05, 4.69) is 13.2 Å². The summed E-state index contributed by atoms with van der Waals surface area (Å²) in [4.78, 5) is 22.9. The van der Waals surface area contributed by atoms with Gasteiger partial charge in [0.25, 0.3) is 0 Å². The summed E-state index contributed by atoms with van der Waals surface area (Å²) < 4.78 is 14.5. The Morgan fingerprint density at radius 3 is 1.43 bits per heavy atom. The zero-order valence-corrected chi connectivity index (χ0v) is 14.0. The van der Waals surface area contributed by atoms with Crippen LogP contribution in [-0.2, 0) is 23.8 Å². The highest BCUT2D eigenvalue weighted by atomic mass is 16.6. The van der Waals surface area contributed by atoms with E-state index in [0.29, 0.717) is 25.7 Å². The first kappa shape index (κ1) is 23.4. The molecule has 2 N–H and O–H groups in total. The summed E-state index contributed by atoms with van der Waals surface area (Å²) in [5.41, 5.74) is 0. The van der Waals surface area contributed by atoms with Crippen LogP contribution in [0.1, 0.15) is 39.5 Å². The van der Waals surface area contributed by atoms with Gasteiger partial charge in [0.1, 0.15) is 0 Å². The Labute approximate surface area is 137 Å². The van der Waals surface area contributed by atoms with Gasteiger partial charge in [0.2, 0.25) is 11.5 Å². The van der Waals surface area contributed by atoms with Gasteiger partial charge in [-0.25, -0.2) is 9.59 Å². The van der Waals surface area contributed by atoms with Gasteiger partial charge in [-0.3, -0.25) is 0 Å². The van der Waals surface area contributed by atoms with Gasteiger partial charge in [-0.15, -0.1) is 0 Å². The molecule has 0 amide bonds. The third kappa shape index (κ3) is 13.5. The van der Waals surface area contributed by atoms with Crippen molar-refractivity contribution in [3.8, 4) is 0 Å². The van der Waals surface area contributed by atoms with E-state index in [1.165, 1.54) is 0 Å². The topological polar surface area (TPSA) is 102 Å². The lowest BCUT2D eigenvalue weighted by Crippen LogP contribution is -2.15. The van der Waals surface area contributed by atoms with Crippen molar-refractivity contribution in [3.63, 3.8) is 0 Å². The second kappa shape index (κ2) is 16.5. The quantitative estimate of drug-likeness (QED) is 0.243. The van der Waals surface area contributed by atoms with E-state index in [1.807, 2.05) is 13.8 Å². The molecule has 0 spiro atoms. The van der Waals surface area contributed by atoms with Crippen LogP contribution in [-0.4, -0.2) is 48.6 Å². The number of ether oxygens (including phenoxy) is 3. The van der Waals surface area contributed by atoms with Crippen molar-refractivity contribution in [1.29, 1.82) is 0 Å². The van der Waals surface area contributed by atoms with Crippen molar-refractivity contribution in [2.24, 2.45) is 0 Å². The molecule has 0 aromatic carbocycles. The van der Waals surface area contributed by atoms with Crippen LogP contribution >= 0.6 is 0 Å². The smallest absolute Gasteiger partial charge is 0.373 e. The first-order valence-electron chi connectivity index (χ1n) is 7.64. The second-order valence-electron chi connectivity index (χ2n) is 4.08. The van der Waals surface area contributed by atoms with Gasteiger partial charge in [0.15, 0.2) is 0 Å². The molecule has 0 aromatic rings. The molecule has 0 fully saturated rings. The number of esters is 2. The van der Waals surface area contributed by atoms with Gasteiger partial charge < -0.3 is 24.4 Å². The maximum Gasteiger partial charge on any atom is 0.373 e. The molecule has 0 aliphatic heterocycles. The molecular formula is C16H28O7. The zero-order chi connectivity index (χ0) is 18.1. The van der Waals surface area contributed by atoms with Crippen LogP contribution in [0.2, 0.25) is 0 Å². The van der Waals surface area contributed by atoms with Gasteiger partial charge in [-0.1, -0.05) is 13.8 Å². The van der Waals surface area contributed by atoms with Crippen molar-refractivity contribution >= 4 is 11.9 Å². The monoisotopic (exact) mass is 332 g/mol. The van der Waals surface area contributed by atoms with E-state index in [0.717, 1.165) is 0 Å². The summed E-state index contributed by atoms with van der Waals surface area (Å²) in [6.07, 6.45) is 2.08. The van der Waals surface area contributed by atoms with E-state index in [1.54, 1.807) is 0 Å². The predicted molar refractivity (Wildman–Crippen MR) is 85.3 cm³/mol. The SMILES string of the molecule is C=C(OC(=C)C(=O)OCCCCO)C(=O)OCCCCO.CC. The Hall–Kier alpha value is -1.86. The third-order valence-corrected chi connectivity index (χ3v) is 2.27. The number of carbonyl (C=O) groups excluding carboxylic acids is 2. The lowest BCUT2D eigenvalue weighted by Gasteiger charge is -2.10. The molecule has 0 saturated carbocycles. The highest BCUT2D eigenvalue weighted by molar-refractivity contribution is 5.89. The van der Waals surface area contributed by atoms with E-state index < -0.39 is 11.9 Å². The van der Waals surface area contributed by atoms with Crippen molar-refractivity contribution < 1.29 is 34.0 Å². The molecule has 0 unspecified atom stereocenters. The molecule has 0 aromatic heterocycles. The molecule has 134 valence electrons. The number of aliphatic hydroxyl groups is 2. The molecule has 0 aliphatic rings. The number of aliphatic hydroxyl groups excluding tert-OH is 2. The zero-order valence-electron chi connectivity index (χ0n) is 14.0. The average molecular weight is 332 g/mol. The normalized spacial score (nSPS) is 9.22. The molecule has 23 heavy (non-hydrogen) atoms. The molecular weight excluding hydrogens is 304 g/mol. The molecule has 7 heteroatoms. The van der Waals surface area contributed by atoms with Gasteiger partial charge in [-0.05, 0) is 38.8 Å². The van der Waals surface area contributed by atoms with Crippen LogP contribution in [0.15, 0.2) is 24.7 Å². The fourth-order valence-corrected chi connectivity index (χ4v) is 1.15. The summed E-state index contributed by atoms with van der Waals surface area (Å²) in [5.74, 6) is -2.34. The summed E-state index contributed by atoms with van der Waals surface area (Å²) in [6.45, 7) is 11.0. The largest absolute Gasteiger partial charge is 0.460 e. The van der Waals surface area contributed by atoms with Crippen molar-refractivity contribution in [3.05, 3.63) is 24.7 Å². The van der Waals surface area contributed by atoms with Gasteiger partial charge in [-0.2, -0.15) is 0 Å². The van der Waals surface area contributed by atoms with Gasteiger partial charge >= 0.3 is 11.9 Å². The molecule has 7 nitrogen and oxygen atoms in total. The number of rotatable bonds is 12. The number of hydrogen-bond acceptors (Lipinski definition) is 7. The summed E-state index contributed by atoms with van der Waals surface area (Å²) >= 11 is 0. The highest BCUT2D eigenvalue weighted by Gasteiger charge is 2.16. The Kier molecular flexibility index (Phi) is 16.8. The molecule has 0 saturated heterocycles. The van der Waals surface area contributed by atoms with Crippen LogP contribution in [0.3, 0.4) is 0 Å². The predicted octanol–water partition coefficient (Wildman–Crippen LogP) is 1.69. The fraction of sp³-hybridized carbons (Fsp3) is 0.625. The fourth-order valence-electron chi connectivity index (χ4n) is 1.15. The van der Waals surface area contributed by atoms with E-state index in [9.17, 15) is 9.59 Å². The lowest BCUT2D eigenvalue weighted by molar-refractivity contribution is -0.145. The minimum atomic E-state index is -0.804. The minimum Gasteiger partial charge on any atom is -0.460 e. The Morgan fingerprint density at radius 2 is 1.13 bits per heavy atom. The lowest BCUT2D eigenvalue weighted by atomic mass is 10.3. The van der Waals surface area contributed by atoms with Crippen molar-refractivity contribution in [1.82, 2.24) is 0 Å². The molecule has 0 radical (unpaired) electrons.